The first-order chi connectivity index (χ1) is 16.7. The summed E-state index contributed by atoms with van der Waals surface area (Å²) in [6.07, 6.45) is 0. The summed E-state index contributed by atoms with van der Waals surface area (Å²) in [4.78, 5) is 11.7. The molecule has 1 amide bonds. The Hall–Kier alpha value is -4.71. The summed E-state index contributed by atoms with van der Waals surface area (Å²) in [5, 5.41) is 10.4. The van der Waals surface area contributed by atoms with Crippen LogP contribution in [0.4, 0.5) is 0 Å². The Morgan fingerprint density at radius 2 is 1.15 bits per heavy atom. The van der Waals surface area contributed by atoms with E-state index >= 15 is 0 Å². The van der Waals surface area contributed by atoms with Crippen LogP contribution < -0.4 is 10.5 Å². The molecule has 0 spiro atoms. The normalized spacial score (nSPS) is 11.2. The van der Waals surface area contributed by atoms with Gasteiger partial charge in [-0.15, -0.1) is 0 Å². The topological polar surface area (TPSA) is 93.9 Å². The molecule has 4 aromatic carbocycles. The van der Waals surface area contributed by atoms with Gasteiger partial charge < -0.3 is 10.5 Å². The SMILES string of the molecule is NC(=O)c1n[nH]nc1-c1ccc(OC(c2ccccc2)(c2ccccc2)c2ccccc2)cc1. The Bertz CT molecular complexity index is 1290. The molecule has 0 aliphatic heterocycles. The van der Waals surface area contributed by atoms with Gasteiger partial charge in [-0.2, -0.15) is 15.4 Å². The van der Waals surface area contributed by atoms with Gasteiger partial charge in [-0.1, -0.05) is 91.0 Å². The van der Waals surface area contributed by atoms with Gasteiger partial charge in [0.15, 0.2) is 11.3 Å². The molecule has 0 aliphatic carbocycles. The highest BCUT2D eigenvalue weighted by atomic mass is 16.5. The lowest BCUT2D eigenvalue weighted by Crippen LogP contribution is -2.36. The predicted octanol–water partition coefficient (Wildman–Crippen LogP) is 4.94. The summed E-state index contributed by atoms with van der Waals surface area (Å²) < 4.78 is 6.87. The zero-order valence-electron chi connectivity index (χ0n) is 18.3. The van der Waals surface area contributed by atoms with Crippen molar-refractivity contribution in [1.29, 1.82) is 0 Å². The molecule has 3 N–H and O–H groups in total. The maximum Gasteiger partial charge on any atom is 0.271 e. The molecule has 5 aromatic rings. The van der Waals surface area contributed by atoms with Crippen LogP contribution in [0.5, 0.6) is 5.75 Å². The van der Waals surface area contributed by atoms with Crippen LogP contribution in [-0.2, 0) is 5.60 Å². The Balaban J connectivity index is 1.63. The van der Waals surface area contributed by atoms with Crippen molar-refractivity contribution in [3.8, 4) is 17.0 Å². The number of aromatic amines is 1. The molecule has 1 aromatic heterocycles. The van der Waals surface area contributed by atoms with Gasteiger partial charge in [0.2, 0.25) is 0 Å². The summed E-state index contributed by atoms with van der Waals surface area (Å²) in [7, 11) is 0. The van der Waals surface area contributed by atoms with Gasteiger partial charge in [0, 0.05) is 22.3 Å². The number of nitrogens with zero attached hydrogens (tertiary/aromatic N) is 2. The van der Waals surface area contributed by atoms with E-state index in [1.54, 1.807) is 0 Å². The molecular formula is C28H22N4O2. The Morgan fingerprint density at radius 1 is 0.676 bits per heavy atom. The molecule has 34 heavy (non-hydrogen) atoms. The average molecular weight is 447 g/mol. The van der Waals surface area contributed by atoms with E-state index in [1.807, 2.05) is 78.9 Å². The molecule has 0 fully saturated rings. The summed E-state index contributed by atoms with van der Waals surface area (Å²) in [5.41, 5.74) is 8.76. The third-order valence-electron chi connectivity index (χ3n) is 5.72. The van der Waals surface area contributed by atoms with Gasteiger partial charge in [0.05, 0.1) is 0 Å². The minimum absolute atomic E-state index is 0.0980. The second-order valence-corrected chi connectivity index (χ2v) is 7.79. The first-order valence-electron chi connectivity index (χ1n) is 10.8. The fraction of sp³-hybridized carbons (Fsp3) is 0.0357. The van der Waals surface area contributed by atoms with Crippen molar-refractivity contribution >= 4 is 5.91 Å². The van der Waals surface area contributed by atoms with Crippen LogP contribution in [0.1, 0.15) is 27.2 Å². The number of ether oxygens (including phenoxy) is 1. The van der Waals surface area contributed by atoms with Crippen molar-refractivity contribution in [3.63, 3.8) is 0 Å². The molecule has 0 saturated heterocycles. The molecule has 166 valence electrons. The lowest BCUT2D eigenvalue weighted by Gasteiger charge is -2.36. The summed E-state index contributed by atoms with van der Waals surface area (Å²) in [6, 6.07) is 37.9. The fourth-order valence-electron chi connectivity index (χ4n) is 4.16. The molecule has 0 radical (unpaired) electrons. The van der Waals surface area contributed by atoms with E-state index in [-0.39, 0.29) is 5.69 Å². The van der Waals surface area contributed by atoms with Gasteiger partial charge in [-0.05, 0) is 24.3 Å². The number of rotatable bonds is 7. The Kier molecular flexibility index (Phi) is 5.62. The van der Waals surface area contributed by atoms with E-state index in [2.05, 4.69) is 51.8 Å². The number of amides is 1. The second kappa shape index (κ2) is 9.03. The number of carbonyl (C=O) groups is 1. The molecule has 5 rings (SSSR count). The highest BCUT2D eigenvalue weighted by Crippen LogP contribution is 2.41. The zero-order valence-corrected chi connectivity index (χ0v) is 18.3. The van der Waals surface area contributed by atoms with E-state index in [1.165, 1.54) is 0 Å². The summed E-state index contributed by atoms with van der Waals surface area (Å²) >= 11 is 0. The molecule has 6 nitrogen and oxygen atoms in total. The van der Waals surface area contributed by atoms with Crippen molar-refractivity contribution in [1.82, 2.24) is 15.4 Å². The number of hydrogen-bond acceptors (Lipinski definition) is 4. The van der Waals surface area contributed by atoms with Gasteiger partial charge in [0.25, 0.3) is 5.91 Å². The number of primary amides is 1. The number of aromatic nitrogens is 3. The Morgan fingerprint density at radius 3 is 1.59 bits per heavy atom. The predicted molar refractivity (Wildman–Crippen MR) is 130 cm³/mol. The quantitative estimate of drug-likeness (QED) is 0.346. The standard InChI is InChI=1S/C28H22N4O2/c29-27(33)26-25(30-32-31-26)20-16-18-24(19-17-20)34-28(21-10-4-1-5-11-21,22-12-6-2-7-13-22)23-14-8-3-9-15-23/h1-19H,(H2,29,33)(H,30,31,32). The van der Waals surface area contributed by atoms with Crippen LogP contribution in [0.3, 0.4) is 0 Å². The number of nitrogens with one attached hydrogen (secondary N) is 1. The number of benzene rings is 4. The van der Waals surface area contributed by atoms with Crippen LogP contribution in [0.25, 0.3) is 11.3 Å². The van der Waals surface area contributed by atoms with E-state index in [0.717, 1.165) is 16.7 Å². The van der Waals surface area contributed by atoms with Crippen molar-refractivity contribution in [3.05, 3.63) is 138 Å². The molecule has 0 unspecified atom stereocenters. The highest BCUT2D eigenvalue weighted by molar-refractivity contribution is 5.96. The fourth-order valence-corrected chi connectivity index (χ4v) is 4.16. The zero-order chi connectivity index (χ0) is 23.4. The van der Waals surface area contributed by atoms with E-state index < -0.39 is 11.5 Å². The monoisotopic (exact) mass is 446 g/mol. The molecule has 0 bridgehead atoms. The molecule has 0 atom stereocenters. The van der Waals surface area contributed by atoms with Crippen LogP contribution in [0.15, 0.2) is 115 Å². The van der Waals surface area contributed by atoms with Gasteiger partial charge in [-0.3, -0.25) is 4.79 Å². The molecule has 1 heterocycles. The van der Waals surface area contributed by atoms with Crippen molar-refractivity contribution in [2.24, 2.45) is 5.73 Å². The van der Waals surface area contributed by atoms with Crippen LogP contribution in [0.2, 0.25) is 0 Å². The second-order valence-electron chi connectivity index (χ2n) is 7.79. The van der Waals surface area contributed by atoms with E-state index in [4.69, 9.17) is 10.5 Å². The number of carbonyl (C=O) groups excluding carboxylic acids is 1. The summed E-state index contributed by atoms with van der Waals surface area (Å²) in [5.74, 6) is 0.0183. The first-order valence-corrected chi connectivity index (χ1v) is 10.8. The van der Waals surface area contributed by atoms with E-state index in [0.29, 0.717) is 17.0 Å². The highest BCUT2D eigenvalue weighted by Gasteiger charge is 2.38. The third-order valence-corrected chi connectivity index (χ3v) is 5.72. The van der Waals surface area contributed by atoms with Crippen LogP contribution >= 0.6 is 0 Å². The third kappa shape index (κ3) is 3.82. The minimum Gasteiger partial charge on any atom is -0.473 e. The lowest BCUT2D eigenvalue weighted by molar-refractivity contribution is 0.0996. The smallest absolute Gasteiger partial charge is 0.271 e. The van der Waals surface area contributed by atoms with Crippen molar-refractivity contribution in [2.75, 3.05) is 0 Å². The first kappa shape index (κ1) is 21.2. The lowest BCUT2D eigenvalue weighted by atomic mass is 9.80. The molecular weight excluding hydrogens is 424 g/mol. The van der Waals surface area contributed by atoms with Crippen molar-refractivity contribution in [2.45, 2.75) is 5.60 Å². The van der Waals surface area contributed by atoms with Crippen molar-refractivity contribution < 1.29 is 9.53 Å². The number of hydrogen-bond donors (Lipinski definition) is 2. The van der Waals surface area contributed by atoms with Crippen LogP contribution in [0, 0.1) is 0 Å². The number of nitrogens with two attached hydrogens (primary N) is 1. The van der Waals surface area contributed by atoms with E-state index in [9.17, 15) is 4.79 Å². The number of H-pyrrole nitrogens is 1. The molecule has 0 aliphatic rings. The van der Waals surface area contributed by atoms with Gasteiger partial charge in [0.1, 0.15) is 11.4 Å². The maximum absolute atomic E-state index is 11.7. The summed E-state index contributed by atoms with van der Waals surface area (Å²) in [6.45, 7) is 0. The maximum atomic E-state index is 11.7. The Labute approximate surface area is 197 Å². The molecule has 6 heteroatoms. The minimum atomic E-state index is -0.877. The van der Waals surface area contributed by atoms with Gasteiger partial charge >= 0.3 is 0 Å². The molecule has 0 saturated carbocycles. The average Bonchev–Trinajstić information content (AvgIpc) is 3.40. The van der Waals surface area contributed by atoms with Crippen LogP contribution in [-0.4, -0.2) is 21.3 Å². The largest absolute Gasteiger partial charge is 0.473 e. The van der Waals surface area contributed by atoms with Gasteiger partial charge in [-0.25, -0.2) is 0 Å².